The zero-order valence-electron chi connectivity index (χ0n) is 27.2. The highest BCUT2D eigenvalue weighted by molar-refractivity contribution is 5.96. The van der Waals surface area contributed by atoms with E-state index in [0.29, 0.717) is 5.56 Å². The summed E-state index contributed by atoms with van der Waals surface area (Å²) in [5, 5.41) is 18.3. The number of carboxylic acids is 1. The van der Waals surface area contributed by atoms with Gasteiger partial charge >= 0.3 is 5.97 Å². The number of hydrogen-bond acceptors (Lipinski definition) is 3. The van der Waals surface area contributed by atoms with E-state index in [9.17, 15) is 9.90 Å². The highest BCUT2D eigenvalue weighted by Crippen LogP contribution is 2.43. The molecule has 0 spiro atoms. The van der Waals surface area contributed by atoms with Crippen LogP contribution < -0.4 is 4.90 Å². The van der Waals surface area contributed by atoms with Crippen LogP contribution in [0.5, 0.6) is 0 Å². The first-order valence-corrected chi connectivity index (χ1v) is 16.7. The van der Waals surface area contributed by atoms with Crippen LogP contribution in [-0.4, -0.2) is 11.1 Å². The number of nitriles is 1. The smallest absolute Gasteiger partial charge is 0.346 e. The van der Waals surface area contributed by atoms with Gasteiger partial charge in [0, 0.05) is 17.1 Å². The van der Waals surface area contributed by atoms with Crippen LogP contribution >= 0.6 is 0 Å². The Balaban J connectivity index is 1.29. The zero-order chi connectivity index (χ0) is 32.8. The standard InChI is InChI=1S/C43H40N2O2/c1-3-5-7-30-11-18-38(19-12-30)45(39-20-13-31(14-21-39)8-6-4-2)40-22-24-42-36(28-40)27-35-26-34(17-23-41(35)42)33-15-9-32(10-16-33)25-37(29-44)43(46)47/h9-26,28H,3-8,27H2,1-2H3,(H,46,47)/b37-25-. The minimum absolute atomic E-state index is 0.279. The van der Waals surface area contributed by atoms with Crippen LogP contribution in [0.2, 0.25) is 0 Å². The lowest BCUT2D eigenvalue weighted by Crippen LogP contribution is -2.10. The summed E-state index contributed by atoms with van der Waals surface area (Å²) in [4.78, 5) is 13.6. The van der Waals surface area contributed by atoms with Crippen molar-refractivity contribution in [2.75, 3.05) is 4.90 Å². The van der Waals surface area contributed by atoms with Gasteiger partial charge in [0.25, 0.3) is 0 Å². The van der Waals surface area contributed by atoms with E-state index in [2.05, 4.69) is 104 Å². The number of aryl methyl sites for hydroxylation is 2. The van der Waals surface area contributed by atoms with Crippen LogP contribution in [0.3, 0.4) is 0 Å². The highest BCUT2D eigenvalue weighted by atomic mass is 16.4. The van der Waals surface area contributed by atoms with Gasteiger partial charge < -0.3 is 10.0 Å². The molecule has 4 nitrogen and oxygen atoms in total. The molecule has 0 fully saturated rings. The van der Waals surface area contributed by atoms with Crippen molar-refractivity contribution in [1.29, 1.82) is 5.26 Å². The van der Waals surface area contributed by atoms with Crippen molar-refractivity contribution in [3.05, 3.63) is 143 Å². The monoisotopic (exact) mass is 616 g/mol. The molecule has 0 unspecified atom stereocenters. The molecule has 234 valence electrons. The van der Waals surface area contributed by atoms with Gasteiger partial charge in [-0.1, -0.05) is 99.5 Å². The highest BCUT2D eigenvalue weighted by Gasteiger charge is 2.22. The van der Waals surface area contributed by atoms with Crippen molar-refractivity contribution in [3.63, 3.8) is 0 Å². The molecule has 1 aliphatic carbocycles. The molecule has 0 aromatic heterocycles. The molecule has 5 aromatic carbocycles. The normalized spacial score (nSPS) is 11.9. The number of fused-ring (bicyclic) bond motifs is 3. The van der Waals surface area contributed by atoms with Crippen LogP contribution in [0.25, 0.3) is 28.3 Å². The average molecular weight is 617 g/mol. The first-order chi connectivity index (χ1) is 23.0. The molecule has 1 aliphatic rings. The molecule has 0 bridgehead atoms. The number of rotatable bonds is 12. The third-order valence-electron chi connectivity index (χ3n) is 9.06. The maximum absolute atomic E-state index is 11.2. The van der Waals surface area contributed by atoms with Crippen molar-refractivity contribution in [2.24, 2.45) is 0 Å². The molecule has 0 amide bonds. The molecule has 6 rings (SSSR count). The summed E-state index contributed by atoms with van der Waals surface area (Å²) < 4.78 is 0. The van der Waals surface area contributed by atoms with Crippen molar-refractivity contribution >= 4 is 29.1 Å². The predicted molar refractivity (Wildman–Crippen MR) is 193 cm³/mol. The number of hydrogen-bond donors (Lipinski definition) is 1. The van der Waals surface area contributed by atoms with Crippen molar-refractivity contribution in [3.8, 4) is 28.3 Å². The number of carbonyl (C=O) groups is 1. The number of nitrogens with zero attached hydrogens (tertiary/aromatic N) is 2. The Labute approximate surface area is 278 Å². The number of benzene rings is 5. The summed E-state index contributed by atoms with van der Waals surface area (Å²) in [5.41, 5.74) is 13.9. The first kappa shape index (κ1) is 31.6. The average Bonchev–Trinajstić information content (AvgIpc) is 3.47. The van der Waals surface area contributed by atoms with Crippen molar-refractivity contribution in [1.82, 2.24) is 0 Å². The molecule has 47 heavy (non-hydrogen) atoms. The fourth-order valence-corrected chi connectivity index (χ4v) is 6.43. The molecule has 5 aromatic rings. The second-order valence-corrected chi connectivity index (χ2v) is 12.4. The molecule has 0 saturated heterocycles. The minimum Gasteiger partial charge on any atom is -0.477 e. The maximum atomic E-state index is 11.2. The van der Waals surface area contributed by atoms with Gasteiger partial charge in [0.15, 0.2) is 0 Å². The topological polar surface area (TPSA) is 64.3 Å². The van der Waals surface area contributed by atoms with E-state index in [1.54, 1.807) is 6.07 Å². The summed E-state index contributed by atoms with van der Waals surface area (Å²) in [6, 6.07) is 41.0. The lowest BCUT2D eigenvalue weighted by atomic mass is 9.98. The number of carboxylic acid groups (broad SMARTS) is 1. The molecular formula is C43H40N2O2. The SMILES string of the molecule is CCCCc1ccc(N(c2ccc(CCCC)cc2)c2ccc3c(c2)Cc2cc(-c4ccc(/C=C(/C#N)C(=O)O)cc4)ccc2-3)cc1. The molecule has 0 radical (unpaired) electrons. The minimum atomic E-state index is -1.22. The van der Waals surface area contributed by atoms with E-state index < -0.39 is 5.97 Å². The van der Waals surface area contributed by atoms with E-state index in [4.69, 9.17) is 5.26 Å². The van der Waals surface area contributed by atoms with Crippen LogP contribution in [0, 0.1) is 11.3 Å². The molecule has 1 N–H and O–H groups in total. The van der Waals surface area contributed by atoms with Crippen molar-refractivity contribution < 1.29 is 9.90 Å². The molecular weight excluding hydrogens is 576 g/mol. The predicted octanol–water partition coefficient (Wildman–Crippen LogP) is 11.1. The Kier molecular flexibility index (Phi) is 9.64. The summed E-state index contributed by atoms with van der Waals surface area (Å²) in [6.07, 6.45) is 9.26. The van der Waals surface area contributed by atoms with Crippen molar-refractivity contribution in [2.45, 2.75) is 58.8 Å². The van der Waals surface area contributed by atoms with Gasteiger partial charge in [0.05, 0.1) is 0 Å². The fourth-order valence-electron chi connectivity index (χ4n) is 6.43. The second kappa shape index (κ2) is 14.4. The lowest BCUT2D eigenvalue weighted by Gasteiger charge is -2.26. The van der Waals surface area contributed by atoms with Gasteiger partial charge in [-0.2, -0.15) is 5.26 Å². The molecule has 0 atom stereocenters. The van der Waals surface area contributed by atoms with Gasteiger partial charge in [0.2, 0.25) is 0 Å². The Morgan fingerprint density at radius 2 is 1.21 bits per heavy atom. The fraction of sp³-hybridized carbons (Fsp3) is 0.209. The maximum Gasteiger partial charge on any atom is 0.346 e. The summed E-state index contributed by atoms with van der Waals surface area (Å²) in [5.74, 6) is -1.22. The van der Waals surface area contributed by atoms with Gasteiger partial charge in [-0.05, 0) is 125 Å². The van der Waals surface area contributed by atoms with E-state index in [-0.39, 0.29) is 5.57 Å². The summed E-state index contributed by atoms with van der Waals surface area (Å²) >= 11 is 0. The van der Waals surface area contributed by atoms with Gasteiger partial charge in [0.1, 0.15) is 11.6 Å². The third-order valence-corrected chi connectivity index (χ3v) is 9.06. The number of anilines is 3. The van der Waals surface area contributed by atoms with E-state index in [0.717, 1.165) is 47.5 Å². The summed E-state index contributed by atoms with van der Waals surface area (Å²) in [7, 11) is 0. The van der Waals surface area contributed by atoms with Crippen LogP contribution in [-0.2, 0) is 24.1 Å². The van der Waals surface area contributed by atoms with Gasteiger partial charge in [-0.3, -0.25) is 0 Å². The Hall–Kier alpha value is -5.40. The zero-order valence-corrected chi connectivity index (χ0v) is 27.2. The van der Waals surface area contributed by atoms with E-state index in [1.165, 1.54) is 65.1 Å². The van der Waals surface area contributed by atoms with Crippen LogP contribution in [0.15, 0.2) is 115 Å². The Morgan fingerprint density at radius 3 is 1.74 bits per heavy atom. The first-order valence-electron chi connectivity index (χ1n) is 16.7. The summed E-state index contributed by atoms with van der Waals surface area (Å²) in [6.45, 7) is 4.47. The Bertz CT molecular complexity index is 1890. The Morgan fingerprint density at radius 1 is 0.702 bits per heavy atom. The van der Waals surface area contributed by atoms with Crippen LogP contribution in [0.4, 0.5) is 17.1 Å². The van der Waals surface area contributed by atoms with E-state index in [1.807, 2.05) is 24.3 Å². The number of unbranched alkanes of at least 4 members (excludes halogenated alkanes) is 2. The quantitative estimate of drug-likeness (QED) is 0.110. The van der Waals surface area contributed by atoms with Gasteiger partial charge in [-0.25, -0.2) is 4.79 Å². The molecule has 0 aliphatic heterocycles. The van der Waals surface area contributed by atoms with E-state index >= 15 is 0 Å². The number of aliphatic carboxylic acids is 1. The molecule has 4 heteroatoms. The molecule has 0 saturated carbocycles. The second-order valence-electron chi connectivity index (χ2n) is 12.4. The lowest BCUT2D eigenvalue weighted by molar-refractivity contribution is -0.132. The largest absolute Gasteiger partial charge is 0.477 e. The molecule has 0 heterocycles. The third kappa shape index (κ3) is 7.05. The van der Waals surface area contributed by atoms with Gasteiger partial charge in [-0.15, -0.1) is 0 Å². The van der Waals surface area contributed by atoms with Crippen LogP contribution in [0.1, 0.15) is 67.3 Å².